The number of anilines is 2. The molecule has 0 spiro atoms. The zero-order valence-electron chi connectivity index (χ0n) is 51.6. The fourth-order valence-corrected chi connectivity index (χ4v) is 8.72. The van der Waals surface area contributed by atoms with Gasteiger partial charge in [0.05, 0.1) is 36.8 Å². The first-order valence-corrected chi connectivity index (χ1v) is 37.5. The maximum atomic E-state index is 8.00. The van der Waals surface area contributed by atoms with Crippen LogP contribution in [0.2, 0.25) is 0 Å². The lowest BCUT2D eigenvalue weighted by molar-refractivity contribution is 0.194. The third-order valence-corrected chi connectivity index (χ3v) is 14.7. The van der Waals surface area contributed by atoms with Crippen LogP contribution in [0.25, 0.3) is 0 Å². The van der Waals surface area contributed by atoms with E-state index in [2.05, 4.69) is 127 Å². The number of aliphatic hydroxyl groups excluding tert-OH is 2. The lowest BCUT2D eigenvalue weighted by atomic mass is 9.97. The summed E-state index contributed by atoms with van der Waals surface area (Å²) in [6.07, 6.45) is 14.5. The lowest BCUT2D eigenvalue weighted by Crippen LogP contribution is -2.22. The Bertz CT molecular complexity index is 1870. The average Bonchev–Trinajstić information content (AvgIpc) is 4.39. The molecule has 24 N–H and O–H groups in total. The van der Waals surface area contributed by atoms with Crippen molar-refractivity contribution in [1.82, 2.24) is 19.1 Å². The first-order valence-electron chi connectivity index (χ1n) is 27.9. The number of methoxy groups -OCH3 is 2. The van der Waals surface area contributed by atoms with E-state index >= 15 is 0 Å². The SMILES string of the molecule is COCCN.COCCNI.CSCCN.CSCCNI.INCCOc1ccccc1.NC1CCCCC1.NC1CCOC1.NCCO.NCCOc1ccccc1.NCCc1ccc(Br)s1.Nc1ccccc1.Nc1nccs1.OCCNI. The van der Waals surface area contributed by atoms with E-state index in [-0.39, 0.29) is 13.2 Å². The highest BCUT2D eigenvalue weighted by atomic mass is 127. The number of thiazole rings is 1. The summed E-state index contributed by atoms with van der Waals surface area (Å²) in [5.41, 5.74) is 47.9. The molecule has 21 nitrogen and oxygen atoms in total. The molecule has 3 heterocycles. The number of rotatable bonds is 22. The Labute approximate surface area is 604 Å². The van der Waals surface area contributed by atoms with Crippen molar-refractivity contribution in [3.63, 3.8) is 0 Å². The van der Waals surface area contributed by atoms with Gasteiger partial charge in [0.2, 0.25) is 0 Å². The van der Waals surface area contributed by atoms with Gasteiger partial charge in [-0.05, 0) is 109 Å². The number of nitrogen functional groups attached to an aromatic ring is 2. The number of halogens is 5. The Morgan fingerprint density at radius 2 is 1.10 bits per heavy atom. The van der Waals surface area contributed by atoms with Gasteiger partial charge in [-0.2, -0.15) is 23.5 Å². The zero-order chi connectivity index (χ0) is 66.3. The number of nitrogens with one attached hydrogen (secondary N) is 4. The van der Waals surface area contributed by atoms with Gasteiger partial charge in [-0.25, -0.2) is 4.98 Å². The minimum atomic E-state index is 0.0972. The Hall–Kier alpha value is -0.350. The highest BCUT2D eigenvalue weighted by Gasteiger charge is 2.08. The summed E-state index contributed by atoms with van der Waals surface area (Å²) in [6, 6.07) is 34.0. The number of ether oxygens (including phenoxy) is 5. The van der Waals surface area contributed by atoms with Crippen molar-refractivity contribution in [3.05, 3.63) is 123 Å². The molecule has 2 aromatic heterocycles. The summed E-state index contributed by atoms with van der Waals surface area (Å²) < 4.78 is 37.7. The normalized spacial score (nSPS) is 12.0. The van der Waals surface area contributed by atoms with Crippen molar-refractivity contribution in [2.45, 2.75) is 57.0 Å². The molecular weight excluding hydrogens is 1710 g/mol. The number of hydrogen-bond donors (Lipinski definition) is 15. The number of aromatic nitrogens is 1. The first-order chi connectivity index (χ1) is 42.3. The lowest BCUT2D eigenvalue weighted by Gasteiger charge is -2.15. The predicted octanol–water partition coefficient (Wildman–Crippen LogP) is 8.66. The van der Waals surface area contributed by atoms with Gasteiger partial charge in [0.25, 0.3) is 0 Å². The monoisotopic (exact) mass is 1820 g/mol. The van der Waals surface area contributed by atoms with Gasteiger partial charge in [0, 0.05) is 210 Å². The van der Waals surface area contributed by atoms with Crippen LogP contribution in [-0.4, -0.2) is 177 Å². The minimum Gasteiger partial charge on any atom is -0.492 e. The van der Waals surface area contributed by atoms with E-state index in [4.69, 9.17) is 80.8 Å². The van der Waals surface area contributed by atoms with Crippen LogP contribution >= 0.6 is 154 Å². The van der Waals surface area contributed by atoms with Gasteiger partial charge in [0.1, 0.15) is 24.7 Å². The predicted molar refractivity (Wildman–Crippen MR) is 420 cm³/mol. The number of nitrogens with zero attached hydrogens (tertiary/aromatic N) is 1. The van der Waals surface area contributed by atoms with E-state index in [9.17, 15) is 0 Å². The van der Waals surface area contributed by atoms with Crippen molar-refractivity contribution in [2.75, 3.05) is 161 Å². The molecule has 2 fully saturated rings. The summed E-state index contributed by atoms with van der Waals surface area (Å²) >= 11 is 18.5. The molecule has 1 atom stereocenters. The second-order valence-corrected chi connectivity index (χ2v) is 25.0. The van der Waals surface area contributed by atoms with Crippen LogP contribution in [0, 0.1) is 0 Å². The Balaban J connectivity index is -0.000000206. The van der Waals surface area contributed by atoms with E-state index in [0.717, 1.165) is 88.3 Å². The average molecular weight is 1820 g/mol. The fourth-order valence-electron chi connectivity index (χ4n) is 4.98. The van der Waals surface area contributed by atoms with Crippen LogP contribution in [0.5, 0.6) is 11.5 Å². The van der Waals surface area contributed by atoms with E-state index in [1.54, 1.807) is 43.5 Å². The number of para-hydroxylation sites is 3. The molecule has 0 amide bonds. The minimum absolute atomic E-state index is 0.0972. The molecule has 1 aliphatic heterocycles. The van der Waals surface area contributed by atoms with Gasteiger partial charge in [0.15, 0.2) is 5.13 Å². The third kappa shape index (κ3) is 94.5. The van der Waals surface area contributed by atoms with Crippen LogP contribution in [0.15, 0.2) is 118 Å². The number of aliphatic hydroxyl groups is 2. The topological polar surface area (TPSA) is 382 Å². The molecule has 1 unspecified atom stereocenters. The van der Waals surface area contributed by atoms with Gasteiger partial charge in [-0.3, -0.25) is 14.1 Å². The molecular formula is C57H109BrI4N14O7S4. The molecule has 2 aliphatic rings. The summed E-state index contributed by atoms with van der Waals surface area (Å²) in [7, 11) is 3.32. The Kier molecular flexibility index (Phi) is 101. The fraction of sp³-hybridized carbons (Fsp3) is 0.561. The first kappa shape index (κ1) is 97.7. The molecule has 1 saturated carbocycles. The summed E-state index contributed by atoms with van der Waals surface area (Å²) in [5, 5.41) is 18.2. The van der Waals surface area contributed by atoms with Crippen molar-refractivity contribution in [2.24, 2.45) is 40.1 Å². The Morgan fingerprint density at radius 3 is 1.33 bits per heavy atom. The van der Waals surface area contributed by atoms with Gasteiger partial charge < -0.3 is 85.5 Å². The maximum absolute atomic E-state index is 8.00. The van der Waals surface area contributed by atoms with Gasteiger partial charge >= 0.3 is 0 Å². The highest BCUT2D eigenvalue weighted by molar-refractivity contribution is 14.1. The molecule has 3 aromatic carbocycles. The number of hydrogen-bond acceptors (Lipinski definition) is 25. The largest absolute Gasteiger partial charge is 0.492 e. The molecule has 508 valence electrons. The van der Waals surface area contributed by atoms with Crippen molar-refractivity contribution >= 4 is 164 Å². The van der Waals surface area contributed by atoms with Crippen LogP contribution < -0.4 is 75.2 Å². The zero-order valence-corrected chi connectivity index (χ0v) is 65.1. The molecule has 87 heavy (non-hydrogen) atoms. The molecule has 5 aromatic rings. The van der Waals surface area contributed by atoms with E-state index < -0.39 is 0 Å². The number of thiophene rings is 1. The Morgan fingerprint density at radius 1 is 0.598 bits per heavy atom. The highest BCUT2D eigenvalue weighted by Crippen LogP contribution is 2.22. The number of thioether (sulfide) groups is 2. The smallest absolute Gasteiger partial charge is 0.179 e. The van der Waals surface area contributed by atoms with Crippen LogP contribution in [0.4, 0.5) is 10.8 Å². The number of nitrogens with two attached hydrogens (primary N) is 9. The van der Waals surface area contributed by atoms with Gasteiger partial charge in [-0.1, -0.05) is 73.9 Å². The molecule has 30 heteroatoms. The molecule has 7 rings (SSSR count). The van der Waals surface area contributed by atoms with Gasteiger partial charge in [-0.15, -0.1) is 22.7 Å². The standard InChI is InChI=1S/C8H10INO.C8H11NO.C6H8BrNS.C6H13N.C6H7N.C4H9NO.C3H8INO.C3H8INS.C3H4N2S.C3H9NO.C3H9NS.C2H6INO.C2H7NO/c9-10-6-7-11-8-4-2-1-3-5-8;9-6-7-10-8-4-2-1-3-5-8;7-6-2-1-5(9-6)3-4-8;2*7-6-4-2-1-3-5-6;5-4-1-2-6-3-4;2*1-6-3-2-5-4;4-3-5-1-2-6-3;2*1-5-3-2-4;3-4-1-2-5;3-1-2-4/h1-5,10H,6-7H2;1-5H,6-7,9H2;1-2H,3-4,8H2;6H,1-5,7H2;1-5H,7H2;4H,1-3,5H2;2*5H,2-3H2,1H3;1-2H,(H2,4,5);2*2-4H2,1H3;4-5H,1-2H2;4H,1-3H2. The molecule has 1 aliphatic carbocycles. The summed E-state index contributed by atoms with van der Waals surface area (Å²) in [6.45, 7) is 11.4. The van der Waals surface area contributed by atoms with E-state index in [0.29, 0.717) is 63.2 Å². The van der Waals surface area contributed by atoms with E-state index in [1.807, 2.05) is 137 Å². The third-order valence-electron chi connectivity index (χ3n) is 9.00. The summed E-state index contributed by atoms with van der Waals surface area (Å²) in [5.74, 6) is 4.11. The summed E-state index contributed by atoms with van der Waals surface area (Å²) in [4.78, 5) is 5.06. The van der Waals surface area contributed by atoms with Crippen molar-refractivity contribution < 1.29 is 33.9 Å². The quantitative estimate of drug-likeness (QED) is 0.0133. The van der Waals surface area contributed by atoms with Crippen molar-refractivity contribution in [1.29, 1.82) is 0 Å². The second kappa shape index (κ2) is 89.8. The van der Waals surface area contributed by atoms with Crippen LogP contribution in [0.1, 0.15) is 43.4 Å². The van der Waals surface area contributed by atoms with Crippen LogP contribution in [-0.2, 0) is 20.6 Å². The maximum Gasteiger partial charge on any atom is 0.179 e. The van der Waals surface area contributed by atoms with E-state index in [1.165, 1.54) is 57.9 Å². The van der Waals surface area contributed by atoms with Crippen LogP contribution in [0.3, 0.4) is 0 Å². The molecule has 0 bridgehead atoms. The number of benzene rings is 3. The van der Waals surface area contributed by atoms with Crippen molar-refractivity contribution in [3.8, 4) is 11.5 Å². The molecule has 1 saturated heterocycles. The molecule has 0 radical (unpaired) electrons. The second-order valence-electron chi connectivity index (χ2n) is 16.5.